The summed E-state index contributed by atoms with van der Waals surface area (Å²) in [7, 11) is 1.20. The van der Waals surface area contributed by atoms with Crippen molar-refractivity contribution in [1.82, 2.24) is 9.97 Å². The molecular formula is C25H21ClFN7O3S. The molecule has 1 aromatic carbocycles. The van der Waals surface area contributed by atoms with Crippen LogP contribution in [0.25, 0.3) is 22.4 Å². The summed E-state index contributed by atoms with van der Waals surface area (Å²) >= 11 is 7.18. The Morgan fingerprint density at radius 3 is 2.97 bits per heavy atom. The number of imidazole rings is 1. The Morgan fingerprint density at radius 2 is 2.24 bits per heavy atom. The number of hydrogen-bond acceptors (Lipinski definition) is 8. The summed E-state index contributed by atoms with van der Waals surface area (Å²) in [5.41, 5.74) is 10.9. The molecule has 3 N–H and O–H groups in total. The maximum absolute atomic E-state index is 14.8. The molecule has 1 aliphatic carbocycles. The number of carbonyl (C=O) groups excluding carboxylic acids is 1. The SMILES string of the molecule is COC(=O)c1scc(-c2cnc(C3CCCc4cc(-c5cc(Cl)ccc5N(C=N)N=N)c[n+]([O-])c43)[nH]2)c1F. The summed E-state index contributed by atoms with van der Waals surface area (Å²) in [6, 6.07) is 6.83. The Labute approximate surface area is 225 Å². The van der Waals surface area contributed by atoms with Crippen LogP contribution in [0.1, 0.15) is 45.5 Å². The number of aryl methyl sites for hydroxylation is 1. The van der Waals surface area contributed by atoms with E-state index in [1.807, 2.05) is 6.07 Å². The number of esters is 1. The standard InChI is InChI=1S/C25H21ClFN7O3S/c1-37-25(35)23-21(27)18(11-38-23)19-9-30-24(31-19)16-4-2-3-13-7-14(10-34(36)22(13)16)17-8-15(26)5-6-20(17)33(12-28)32-29/h5-12,16,28-29H,2-4H2,1H3,(H,30,31). The van der Waals surface area contributed by atoms with E-state index in [0.29, 0.717) is 51.9 Å². The average Bonchev–Trinajstić information content (AvgIpc) is 3.56. The highest BCUT2D eigenvalue weighted by atomic mass is 35.5. The number of aromatic amines is 1. The minimum absolute atomic E-state index is 0.119. The maximum atomic E-state index is 14.8. The summed E-state index contributed by atoms with van der Waals surface area (Å²) in [5.74, 6) is -1.25. The molecule has 0 radical (unpaired) electrons. The fraction of sp³-hybridized carbons (Fsp3) is 0.200. The number of thiophene rings is 1. The number of nitrogens with zero attached hydrogens (tertiary/aromatic N) is 4. The van der Waals surface area contributed by atoms with Gasteiger partial charge in [0.05, 0.1) is 24.7 Å². The van der Waals surface area contributed by atoms with Crippen molar-refractivity contribution in [1.29, 1.82) is 10.9 Å². The lowest BCUT2D eigenvalue weighted by Gasteiger charge is -2.23. The lowest BCUT2D eigenvalue weighted by atomic mass is 9.85. The molecule has 194 valence electrons. The number of carbonyl (C=O) groups is 1. The van der Waals surface area contributed by atoms with Gasteiger partial charge in [-0.25, -0.2) is 19.2 Å². The van der Waals surface area contributed by atoms with Crippen molar-refractivity contribution >= 4 is 40.9 Å². The van der Waals surface area contributed by atoms with Crippen LogP contribution in [-0.4, -0.2) is 29.4 Å². The monoisotopic (exact) mass is 553 g/mol. The van der Waals surface area contributed by atoms with Crippen molar-refractivity contribution in [3.05, 3.63) is 80.0 Å². The first-order valence-electron chi connectivity index (χ1n) is 11.5. The van der Waals surface area contributed by atoms with Gasteiger partial charge < -0.3 is 14.9 Å². The Bertz CT molecular complexity index is 1560. The molecular weight excluding hydrogens is 533 g/mol. The molecule has 0 saturated carbocycles. The van der Waals surface area contributed by atoms with Crippen molar-refractivity contribution in [2.45, 2.75) is 25.2 Å². The predicted octanol–water partition coefficient (Wildman–Crippen LogP) is 5.85. The zero-order valence-corrected chi connectivity index (χ0v) is 21.6. The number of H-pyrrole nitrogens is 1. The second kappa shape index (κ2) is 10.3. The molecule has 0 saturated heterocycles. The molecule has 3 aromatic heterocycles. The van der Waals surface area contributed by atoms with Gasteiger partial charge in [-0.05, 0) is 43.5 Å². The van der Waals surface area contributed by atoms with Crippen molar-refractivity contribution in [2.75, 3.05) is 12.1 Å². The second-order valence-electron chi connectivity index (χ2n) is 8.61. The minimum Gasteiger partial charge on any atom is -0.618 e. The first kappa shape index (κ1) is 25.5. The van der Waals surface area contributed by atoms with Crippen LogP contribution in [0, 0.1) is 22.0 Å². The molecule has 5 rings (SSSR count). The fourth-order valence-corrected chi connectivity index (χ4v) is 5.79. The Morgan fingerprint density at radius 1 is 1.42 bits per heavy atom. The topological polar surface area (TPSA) is 145 Å². The number of fused-ring (bicyclic) bond motifs is 1. The van der Waals surface area contributed by atoms with Gasteiger partial charge in [-0.3, -0.25) is 5.41 Å². The number of pyridine rings is 1. The first-order chi connectivity index (χ1) is 18.4. The van der Waals surface area contributed by atoms with E-state index in [4.69, 9.17) is 22.5 Å². The summed E-state index contributed by atoms with van der Waals surface area (Å²) in [6.07, 6.45) is 5.97. The zero-order valence-electron chi connectivity index (χ0n) is 20.0. The number of halogens is 2. The molecule has 1 atom stereocenters. The molecule has 13 heteroatoms. The first-order valence-corrected chi connectivity index (χ1v) is 12.8. The third kappa shape index (κ3) is 4.41. The second-order valence-corrected chi connectivity index (χ2v) is 9.93. The Balaban J connectivity index is 1.53. The predicted molar refractivity (Wildman–Crippen MR) is 140 cm³/mol. The van der Waals surface area contributed by atoms with Crippen LogP contribution in [0.15, 0.2) is 47.3 Å². The molecule has 1 unspecified atom stereocenters. The van der Waals surface area contributed by atoms with Crippen LogP contribution in [0.3, 0.4) is 0 Å². The summed E-state index contributed by atoms with van der Waals surface area (Å²) in [5, 5.41) is 27.4. The van der Waals surface area contributed by atoms with Crippen LogP contribution in [0.5, 0.6) is 0 Å². The van der Waals surface area contributed by atoms with Crippen molar-refractivity contribution in [3.63, 3.8) is 0 Å². The van der Waals surface area contributed by atoms with Gasteiger partial charge in [-0.15, -0.1) is 11.3 Å². The van der Waals surface area contributed by atoms with E-state index in [9.17, 15) is 14.4 Å². The molecule has 0 spiro atoms. The normalized spacial score (nSPS) is 14.6. The molecule has 0 bridgehead atoms. The summed E-state index contributed by atoms with van der Waals surface area (Å²) in [4.78, 5) is 19.3. The molecule has 0 aliphatic heterocycles. The van der Waals surface area contributed by atoms with Crippen LogP contribution in [-0.2, 0) is 11.2 Å². The van der Waals surface area contributed by atoms with E-state index in [-0.39, 0.29) is 16.4 Å². The van der Waals surface area contributed by atoms with E-state index < -0.39 is 11.8 Å². The van der Waals surface area contributed by atoms with E-state index in [1.54, 1.807) is 18.2 Å². The molecule has 10 nitrogen and oxygen atoms in total. The Kier molecular flexibility index (Phi) is 6.91. The fourth-order valence-electron chi connectivity index (χ4n) is 4.76. The van der Waals surface area contributed by atoms with Gasteiger partial charge in [-0.1, -0.05) is 16.8 Å². The van der Waals surface area contributed by atoms with Crippen molar-refractivity contribution in [3.8, 4) is 22.4 Å². The van der Waals surface area contributed by atoms with Gasteiger partial charge in [0.25, 0.3) is 0 Å². The number of hydrogen-bond donors (Lipinski definition) is 3. The summed E-state index contributed by atoms with van der Waals surface area (Å²) < 4.78 is 20.3. The van der Waals surface area contributed by atoms with Gasteiger partial charge in [0.1, 0.15) is 23.0 Å². The van der Waals surface area contributed by atoms with Gasteiger partial charge in [0, 0.05) is 32.7 Å². The van der Waals surface area contributed by atoms with Crippen molar-refractivity contribution < 1.29 is 18.7 Å². The van der Waals surface area contributed by atoms with E-state index in [0.717, 1.165) is 39.4 Å². The number of aromatic nitrogens is 3. The number of rotatable bonds is 7. The lowest BCUT2D eigenvalue weighted by Crippen LogP contribution is -2.37. The Hall–Kier alpha value is -4.16. The number of anilines is 1. The highest BCUT2D eigenvalue weighted by molar-refractivity contribution is 7.12. The maximum Gasteiger partial charge on any atom is 0.351 e. The molecule has 1 aliphatic rings. The van der Waals surface area contributed by atoms with Gasteiger partial charge in [0.2, 0.25) is 5.69 Å². The number of nitrogens with one attached hydrogen (secondary N) is 3. The minimum atomic E-state index is -0.745. The van der Waals surface area contributed by atoms with Crippen LogP contribution >= 0.6 is 22.9 Å². The highest BCUT2D eigenvalue weighted by Gasteiger charge is 2.33. The van der Waals surface area contributed by atoms with E-state index in [1.165, 1.54) is 24.9 Å². The largest absolute Gasteiger partial charge is 0.618 e. The molecule has 0 amide bonds. The smallest absolute Gasteiger partial charge is 0.351 e. The quantitative estimate of drug-likeness (QED) is 0.0500. The molecule has 0 fully saturated rings. The number of methoxy groups -OCH3 is 1. The number of benzene rings is 1. The molecule has 3 heterocycles. The number of ether oxygens (including phenoxy) is 1. The summed E-state index contributed by atoms with van der Waals surface area (Å²) in [6.45, 7) is 0. The van der Waals surface area contributed by atoms with Gasteiger partial charge in [0.15, 0.2) is 12.0 Å². The van der Waals surface area contributed by atoms with Crippen LogP contribution in [0.4, 0.5) is 10.1 Å². The zero-order chi connectivity index (χ0) is 27.0. The highest BCUT2D eigenvalue weighted by Crippen LogP contribution is 2.39. The molecule has 38 heavy (non-hydrogen) atoms. The van der Waals surface area contributed by atoms with E-state index >= 15 is 0 Å². The average molecular weight is 554 g/mol. The van der Waals surface area contributed by atoms with Crippen molar-refractivity contribution in [2.24, 2.45) is 5.22 Å². The third-order valence-electron chi connectivity index (χ3n) is 6.48. The molecule has 4 aromatic rings. The van der Waals surface area contributed by atoms with Gasteiger partial charge >= 0.3 is 5.97 Å². The lowest BCUT2D eigenvalue weighted by molar-refractivity contribution is -0.615. The van der Waals surface area contributed by atoms with Crippen LogP contribution in [0.2, 0.25) is 5.02 Å². The third-order valence-corrected chi connectivity index (χ3v) is 7.66. The van der Waals surface area contributed by atoms with Crippen LogP contribution < -0.4 is 9.74 Å². The van der Waals surface area contributed by atoms with Gasteiger partial charge in [-0.2, -0.15) is 10.3 Å². The van der Waals surface area contributed by atoms with E-state index in [2.05, 4.69) is 19.9 Å².